The predicted molar refractivity (Wildman–Crippen MR) is 70.1 cm³/mol. The number of rotatable bonds is 4. The second-order valence-electron chi connectivity index (χ2n) is 3.51. The zero-order valence-corrected chi connectivity index (χ0v) is 10.1. The maximum absolute atomic E-state index is 11.5. The molecule has 0 saturated carbocycles. The minimum atomic E-state index is -0.154. The summed E-state index contributed by atoms with van der Waals surface area (Å²) in [7, 11) is 0. The second-order valence-corrected chi connectivity index (χ2v) is 4.68. The van der Waals surface area contributed by atoms with Crippen LogP contribution in [-0.2, 0) is 6.54 Å². The molecule has 0 bridgehead atoms. The van der Waals surface area contributed by atoms with Gasteiger partial charge in [-0.3, -0.25) is 4.79 Å². The molecule has 0 aliphatic rings. The standard InChI is InChI=1S/C12H13N3OS/c13-10-8-12(16)15(14-9-10)6-7-17-11-4-2-1-3-5-11/h1-5,8-9H,6-7,13H2. The van der Waals surface area contributed by atoms with Gasteiger partial charge in [0.2, 0.25) is 0 Å². The quantitative estimate of drug-likeness (QED) is 0.834. The Hall–Kier alpha value is -1.75. The Morgan fingerprint density at radius 2 is 2.06 bits per heavy atom. The van der Waals surface area contributed by atoms with Crippen molar-refractivity contribution in [3.8, 4) is 0 Å². The SMILES string of the molecule is Nc1cnn(CCSc2ccccc2)c(=O)c1. The summed E-state index contributed by atoms with van der Waals surface area (Å²) in [6.07, 6.45) is 1.49. The summed E-state index contributed by atoms with van der Waals surface area (Å²) in [5.74, 6) is 0.806. The van der Waals surface area contributed by atoms with Crippen LogP contribution in [-0.4, -0.2) is 15.5 Å². The number of anilines is 1. The Bertz CT molecular complexity index is 539. The van der Waals surface area contributed by atoms with E-state index in [1.807, 2.05) is 30.3 Å². The third-order valence-corrected chi connectivity index (χ3v) is 3.20. The van der Waals surface area contributed by atoms with Gasteiger partial charge in [-0.05, 0) is 12.1 Å². The fourth-order valence-electron chi connectivity index (χ4n) is 1.38. The van der Waals surface area contributed by atoms with E-state index in [2.05, 4.69) is 5.10 Å². The van der Waals surface area contributed by atoms with Gasteiger partial charge in [0.15, 0.2) is 0 Å². The van der Waals surface area contributed by atoms with Crippen LogP contribution in [0, 0.1) is 0 Å². The van der Waals surface area contributed by atoms with Crippen molar-refractivity contribution in [3.05, 3.63) is 52.9 Å². The van der Waals surface area contributed by atoms with E-state index in [0.29, 0.717) is 12.2 Å². The number of nitrogens with two attached hydrogens (primary N) is 1. The van der Waals surface area contributed by atoms with E-state index in [-0.39, 0.29) is 5.56 Å². The van der Waals surface area contributed by atoms with Gasteiger partial charge < -0.3 is 5.73 Å². The molecule has 0 atom stereocenters. The van der Waals surface area contributed by atoms with Gasteiger partial charge in [-0.25, -0.2) is 4.68 Å². The molecule has 0 amide bonds. The monoisotopic (exact) mass is 247 g/mol. The lowest BCUT2D eigenvalue weighted by molar-refractivity contribution is 0.622. The Kier molecular flexibility index (Phi) is 3.82. The van der Waals surface area contributed by atoms with E-state index in [0.717, 1.165) is 5.75 Å². The van der Waals surface area contributed by atoms with Crippen molar-refractivity contribution in [1.82, 2.24) is 9.78 Å². The molecular formula is C12H13N3OS. The third kappa shape index (κ3) is 3.35. The van der Waals surface area contributed by atoms with Crippen molar-refractivity contribution in [2.45, 2.75) is 11.4 Å². The van der Waals surface area contributed by atoms with E-state index in [1.165, 1.54) is 21.8 Å². The van der Waals surface area contributed by atoms with E-state index in [9.17, 15) is 4.79 Å². The topological polar surface area (TPSA) is 60.9 Å². The first-order valence-corrected chi connectivity index (χ1v) is 6.25. The predicted octanol–water partition coefficient (Wildman–Crippen LogP) is 1.62. The maximum Gasteiger partial charge on any atom is 0.268 e. The number of benzene rings is 1. The van der Waals surface area contributed by atoms with Crippen LogP contribution in [0.15, 0.2) is 52.3 Å². The molecular weight excluding hydrogens is 234 g/mol. The largest absolute Gasteiger partial charge is 0.397 e. The van der Waals surface area contributed by atoms with Crippen LogP contribution in [0.5, 0.6) is 0 Å². The number of nitrogens with zero attached hydrogens (tertiary/aromatic N) is 2. The summed E-state index contributed by atoms with van der Waals surface area (Å²) in [6.45, 7) is 0.582. The Labute approximate surface area is 103 Å². The van der Waals surface area contributed by atoms with E-state index in [1.54, 1.807) is 11.8 Å². The zero-order valence-electron chi connectivity index (χ0n) is 9.24. The van der Waals surface area contributed by atoms with Gasteiger partial charge in [0.1, 0.15) is 0 Å². The van der Waals surface area contributed by atoms with Crippen LogP contribution >= 0.6 is 11.8 Å². The number of nitrogen functional groups attached to an aromatic ring is 1. The second kappa shape index (κ2) is 5.54. The maximum atomic E-state index is 11.5. The minimum absolute atomic E-state index is 0.154. The molecule has 17 heavy (non-hydrogen) atoms. The van der Waals surface area contributed by atoms with Crippen molar-refractivity contribution in [1.29, 1.82) is 0 Å². The molecule has 0 aliphatic carbocycles. The first kappa shape index (κ1) is 11.7. The van der Waals surface area contributed by atoms with Crippen molar-refractivity contribution < 1.29 is 0 Å². The molecule has 0 aliphatic heterocycles. The zero-order chi connectivity index (χ0) is 12.1. The number of hydrogen-bond acceptors (Lipinski definition) is 4. The molecule has 88 valence electrons. The Morgan fingerprint density at radius 1 is 1.29 bits per heavy atom. The van der Waals surface area contributed by atoms with Crippen molar-refractivity contribution in [3.63, 3.8) is 0 Å². The third-order valence-electron chi connectivity index (χ3n) is 2.21. The molecule has 2 aromatic rings. The molecule has 1 aromatic carbocycles. The molecule has 0 saturated heterocycles. The highest BCUT2D eigenvalue weighted by atomic mass is 32.2. The molecule has 1 heterocycles. The Balaban J connectivity index is 1.93. The van der Waals surface area contributed by atoms with E-state index >= 15 is 0 Å². The van der Waals surface area contributed by atoms with Gasteiger partial charge in [-0.2, -0.15) is 5.10 Å². The molecule has 0 fully saturated rings. The average molecular weight is 247 g/mol. The van der Waals surface area contributed by atoms with Crippen LogP contribution < -0.4 is 11.3 Å². The van der Waals surface area contributed by atoms with Gasteiger partial charge >= 0.3 is 0 Å². The van der Waals surface area contributed by atoms with Crippen LogP contribution in [0.25, 0.3) is 0 Å². The summed E-state index contributed by atoms with van der Waals surface area (Å²) in [5.41, 5.74) is 5.72. The lowest BCUT2D eigenvalue weighted by Gasteiger charge is -2.04. The number of hydrogen-bond donors (Lipinski definition) is 1. The van der Waals surface area contributed by atoms with Crippen molar-refractivity contribution >= 4 is 17.4 Å². The van der Waals surface area contributed by atoms with Gasteiger partial charge in [0, 0.05) is 16.7 Å². The first-order chi connectivity index (χ1) is 8.25. The average Bonchev–Trinajstić information content (AvgIpc) is 2.33. The van der Waals surface area contributed by atoms with Gasteiger partial charge in [0.25, 0.3) is 5.56 Å². The van der Waals surface area contributed by atoms with Crippen LogP contribution in [0.3, 0.4) is 0 Å². The number of aromatic nitrogens is 2. The molecule has 0 radical (unpaired) electrons. The summed E-state index contributed by atoms with van der Waals surface area (Å²) in [4.78, 5) is 12.7. The highest BCUT2D eigenvalue weighted by Crippen LogP contribution is 2.16. The van der Waals surface area contributed by atoms with Crippen molar-refractivity contribution in [2.24, 2.45) is 0 Å². The van der Waals surface area contributed by atoms with Crippen LogP contribution in [0.1, 0.15) is 0 Å². The highest BCUT2D eigenvalue weighted by Gasteiger charge is 1.98. The molecule has 5 heteroatoms. The lowest BCUT2D eigenvalue weighted by Crippen LogP contribution is -2.23. The number of thioether (sulfide) groups is 1. The fraction of sp³-hybridized carbons (Fsp3) is 0.167. The van der Waals surface area contributed by atoms with E-state index in [4.69, 9.17) is 5.73 Å². The molecule has 0 spiro atoms. The molecule has 2 rings (SSSR count). The lowest BCUT2D eigenvalue weighted by atomic mass is 10.4. The summed E-state index contributed by atoms with van der Waals surface area (Å²) in [5, 5.41) is 3.97. The van der Waals surface area contributed by atoms with E-state index < -0.39 is 0 Å². The van der Waals surface area contributed by atoms with Crippen molar-refractivity contribution in [2.75, 3.05) is 11.5 Å². The molecule has 4 nitrogen and oxygen atoms in total. The van der Waals surface area contributed by atoms with Crippen LogP contribution in [0.4, 0.5) is 5.69 Å². The normalized spacial score (nSPS) is 10.4. The molecule has 0 unspecified atom stereocenters. The Morgan fingerprint density at radius 3 is 2.76 bits per heavy atom. The highest BCUT2D eigenvalue weighted by molar-refractivity contribution is 7.99. The molecule has 2 N–H and O–H groups in total. The summed E-state index contributed by atoms with van der Waals surface area (Å²) < 4.78 is 1.42. The fourth-order valence-corrected chi connectivity index (χ4v) is 2.23. The van der Waals surface area contributed by atoms with Gasteiger partial charge in [-0.15, -0.1) is 11.8 Å². The minimum Gasteiger partial charge on any atom is -0.397 e. The molecule has 1 aromatic heterocycles. The van der Waals surface area contributed by atoms with Crippen LogP contribution in [0.2, 0.25) is 0 Å². The summed E-state index contributed by atoms with van der Waals surface area (Å²) in [6, 6.07) is 11.5. The first-order valence-electron chi connectivity index (χ1n) is 5.26. The smallest absolute Gasteiger partial charge is 0.268 e. The van der Waals surface area contributed by atoms with Gasteiger partial charge in [0.05, 0.1) is 18.4 Å². The summed E-state index contributed by atoms with van der Waals surface area (Å²) >= 11 is 1.70. The number of aryl methyl sites for hydroxylation is 1. The van der Waals surface area contributed by atoms with Gasteiger partial charge in [-0.1, -0.05) is 18.2 Å².